The third-order valence-corrected chi connectivity index (χ3v) is 2.85. The Morgan fingerprint density at radius 2 is 2.06 bits per heavy atom. The molecule has 6 nitrogen and oxygen atoms in total. The molecule has 0 atom stereocenters. The second-order valence-corrected chi connectivity index (χ2v) is 5.94. The highest BCUT2D eigenvalue weighted by Gasteiger charge is 2.07. The van der Waals surface area contributed by atoms with Crippen molar-refractivity contribution in [2.75, 3.05) is 17.6 Å². The van der Waals surface area contributed by atoms with Crippen molar-refractivity contribution in [2.24, 2.45) is 5.14 Å². The summed E-state index contributed by atoms with van der Waals surface area (Å²) in [5.41, 5.74) is 0.849. The number of nitrogens with two attached hydrogens (primary N) is 1. The molecule has 1 aromatic rings. The Morgan fingerprint density at radius 3 is 2.59 bits per heavy atom. The zero-order valence-corrected chi connectivity index (χ0v) is 11.1. The van der Waals surface area contributed by atoms with Crippen LogP contribution in [0.3, 0.4) is 0 Å². The molecule has 0 saturated heterocycles. The molecule has 0 fully saturated rings. The summed E-state index contributed by atoms with van der Waals surface area (Å²) >= 11 is 0. The van der Waals surface area contributed by atoms with E-state index in [0.717, 1.165) is 11.5 Å². The van der Waals surface area contributed by atoms with Gasteiger partial charge in [0.1, 0.15) is 11.6 Å². The van der Waals surface area contributed by atoms with E-state index in [1.165, 1.54) is 0 Å². The van der Waals surface area contributed by atoms with Gasteiger partial charge in [-0.2, -0.15) is 0 Å². The number of primary sulfonamides is 1. The van der Waals surface area contributed by atoms with Crippen LogP contribution in [0.5, 0.6) is 0 Å². The molecular weight excluding hydrogens is 240 g/mol. The minimum absolute atomic E-state index is 0.118. The molecule has 0 aliphatic rings. The summed E-state index contributed by atoms with van der Waals surface area (Å²) in [4.78, 5) is 8.59. The number of nitrogens with zero attached hydrogens (tertiary/aromatic N) is 2. The van der Waals surface area contributed by atoms with E-state index in [1.807, 2.05) is 20.8 Å². The van der Waals surface area contributed by atoms with E-state index in [4.69, 9.17) is 5.14 Å². The van der Waals surface area contributed by atoms with Crippen molar-refractivity contribution < 1.29 is 8.42 Å². The first-order chi connectivity index (χ1) is 7.78. The highest BCUT2D eigenvalue weighted by atomic mass is 32.2. The molecule has 0 aliphatic carbocycles. The lowest BCUT2D eigenvalue weighted by atomic mass is 10.2. The van der Waals surface area contributed by atoms with Gasteiger partial charge < -0.3 is 5.32 Å². The van der Waals surface area contributed by atoms with Gasteiger partial charge in [-0.3, -0.25) is 0 Å². The summed E-state index contributed by atoms with van der Waals surface area (Å²) in [5, 5.41) is 7.83. The third-order valence-electron chi connectivity index (χ3n) is 2.08. The van der Waals surface area contributed by atoms with Crippen molar-refractivity contribution in [3.63, 3.8) is 0 Å². The first-order valence-corrected chi connectivity index (χ1v) is 7.09. The highest BCUT2D eigenvalue weighted by molar-refractivity contribution is 7.89. The summed E-state index contributed by atoms with van der Waals surface area (Å²) < 4.78 is 21.5. The van der Waals surface area contributed by atoms with Crippen LogP contribution in [-0.2, 0) is 10.0 Å². The van der Waals surface area contributed by atoms with Crippen molar-refractivity contribution in [3.05, 3.63) is 17.6 Å². The average Bonchev–Trinajstić information content (AvgIpc) is 2.14. The zero-order valence-electron chi connectivity index (χ0n) is 10.3. The largest absolute Gasteiger partial charge is 0.369 e. The van der Waals surface area contributed by atoms with Crippen molar-refractivity contribution in [1.29, 1.82) is 0 Å². The van der Waals surface area contributed by atoms with Crippen LogP contribution in [0.25, 0.3) is 0 Å². The Labute approximate surface area is 102 Å². The van der Waals surface area contributed by atoms with Crippen LogP contribution in [0.2, 0.25) is 0 Å². The molecule has 0 radical (unpaired) electrons. The van der Waals surface area contributed by atoms with E-state index in [9.17, 15) is 8.42 Å². The van der Waals surface area contributed by atoms with Crippen molar-refractivity contribution >= 4 is 15.8 Å². The number of hydrogen-bond acceptors (Lipinski definition) is 5. The predicted molar refractivity (Wildman–Crippen MR) is 67.3 cm³/mol. The van der Waals surface area contributed by atoms with Crippen LogP contribution in [0.1, 0.15) is 31.3 Å². The normalized spacial score (nSPS) is 11.8. The van der Waals surface area contributed by atoms with E-state index in [-0.39, 0.29) is 18.2 Å². The second kappa shape index (κ2) is 5.42. The number of hydrogen-bond donors (Lipinski definition) is 2. The zero-order chi connectivity index (χ0) is 13.1. The molecule has 0 spiro atoms. The first-order valence-electron chi connectivity index (χ1n) is 5.38. The van der Waals surface area contributed by atoms with Gasteiger partial charge in [-0.25, -0.2) is 23.5 Å². The predicted octanol–water partition coefficient (Wildman–Crippen LogP) is 0.609. The van der Waals surface area contributed by atoms with Gasteiger partial charge in [-0.1, -0.05) is 13.8 Å². The molecule has 0 saturated carbocycles. The lowest BCUT2D eigenvalue weighted by Gasteiger charge is -2.09. The van der Waals surface area contributed by atoms with Crippen molar-refractivity contribution in [1.82, 2.24) is 9.97 Å². The lowest BCUT2D eigenvalue weighted by Crippen LogP contribution is -2.22. The van der Waals surface area contributed by atoms with E-state index in [0.29, 0.717) is 5.82 Å². The second-order valence-electron chi connectivity index (χ2n) is 4.20. The first kappa shape index (κ1) is 13.9. The molecule has 0 aliphatic heterocycles. The maximum Gasteiger partial charge on any atom is 0.210 e. The standard InChI is InChI=1S/C10H18N4O2S/c1-7(2)10-13-8(3)6-9(14-10)12-4-5-17(11,15)16/h6-7H,4-5H2,1-3H3,(H2,11,15,16)(H,12,13,14). The van der Waals surface area contributed by atoms with Gasteiger partial charge in [-0.05, 0) is 6.92 Å². The van der Waals surface area contributed by atoms with Gasteiger partial charge >= 0.3 is 0 Å². The smallest absolute Gasteiger partial charge is 0.210 e. The van der Waals surface area contributed by atoms with E-state index in [2.05, 4.69) is 15.3 Å². The van der Waals surface area contributed by atoms with Gasteiger partial charge in [0.2, 0.25) is 10.0 Å². The van der Waals surface area contributed by atoms with Crippen LogP contribution in [0.15, 0.2) is 6.07 Å². The molecule has 0 aromatic carbocycles. The minimum Gasteiger partial charge on any atom is -0.369 e. The summed E-state index contributed by atoms with van der Waals surface area (Å²) in [6, 6.07) is 1.77. The Morgan fingerprint density at radius 1 is 1.41 bits per heavy atom. The van der Waals surface area contributed by atoms with Crippen LogP contribution in [-0.4, -0.2) is 30.7 Å². The van der Waals surface area contributed by atoms with Gasteiger partial charge in [0.25, 0.3) is 0 Å². The fourth-order valence-corrected chi connectivity index (χ4v) is 1.65. The topological polar surface area (TPSA) is 98.0 Å². The Bertz CT molecular complexity index is 485. The Balaban J connectivity index is 2.71. The van der Waals surface area contributed by atoms with Gasteiger partial charge in [-0.15, -0.1) is 0 Å². The van der Waals surface area contributed by atoms with Crippen molar-refractivity contribution in [3.8, 4) is 0 Å². The van der Waals surface area contributed by atoms with Crippen LogP contribution < -0.4 is 10.5 Å². The van der Waals surface area contributed by atoms with E-state index in [1.54, 1.807) is 6.07 Å². The van der Waals surface area contributed by atoms with E-state index < -0.39 is 10.0 Å². The molecular formula is C10H18N4O2S. The molecule has 0 unspecified atom stereocenters. The summed E-state index contributed by atoms with van der Waals surface area (Å²) in [7, 11) is -3.44. The number of nitrogens with one attached hydrogen (secondary N) is 1. The molecule has 0 amide bonds. The maximum atomic E-state index is 10.8. The molecule has 0 bridgehead atoms. The van der Waals surface area contributed by atoms with Crippen LogP contribution in [0, 0.1) is 6.92 Å². The fourth-order valence-electron chi connectivity index (χ4n) is 1.26. The van der Waals surface area contributed by atoms with Gasteiger partial charge in [0, 0.05) is 24.2 Å². The Hall–Kier alpha value is -1.21. The molecule has 1 rings (SSSR count). The number of anilines is 1. The third kappa shape index (κ3) is 5.10. The number of aryl methyl sites for hydroxylation is 1. The van der Waals surface area contributed by atoms with Crippen LogP contribution >= 0.6 is 0 Å². The summed E-state index contributed by atoms with van der Waals surface area (Å²) in [6.07, 6.45) is 0. The summed E-state index contributed by atoms with van der Waals surface area (Å²) in [6.45, 7) is 6.12. The molecule has 1 aromatic heterocycles. The molecule has 1 heterocycles. The minimum atomic E-state index is -3.44. The molecule has 17 heavy (non-hydrogen) atoms. The average molecular weight is 258 g/mol. The fraction of sp³-hybridized carbons (Fsp3) is 0.600. The van der Waals surface area contributed by atoms with Gasteiger partial charge in [0.05, 0.1) is 5.75 Å². The maximum absolute atomic E-state index is 10.8. The highest BCUT2D eigenvalue weighted by Crippen LogP contribution is 2.13. The number of sulfonamides is 1. The monoisotopic (exact) mass is 258 g/mol. The molecule has 3 N–H and O–H groups in total. The summed E-state index contributed by atoms with van der Waals surface area (Å²) in [5.74, 6) is 1.48. The molecule has 7 heteroatoms. The van der Waals surface area contributed by atoms with Crippen LogP contribution in [0.4, 0.5) is 5.82 Å². The van der Waals surface area contributed by atoms with Gasteiger partial charge in [0.15, 0.2) is 0 Å². The lowest BCUT2D eigenvalue weighted by molar-refractivity contribution is 0.598. The van der Waals surface area contributed by atoms with E-state index >= 15 is 0 Å². The SMILES string of the molecule is Cc1cc(NCCS(N)(=O)=O)nc(C(C)C)n1. The molecule has 96 valence electrons. The number of aromatic nitrogens is 2. The van der Waals surface area contributed by atoms with Crippen molar-refractivity contribution in [2.45, 2.75) is 26.7 Å². The quantitative estimate of drug-likeness (QED) is 0.806. The Kier molecular flexibility index (Phi) is 4.41. The number of rotatable bonds is 5.